The van der Waals surface area contributed by atoms with Crippen molar-refractivity contribution in [2.45, 2.75) is 39.3 Å². The van der Waals surface area contributed by atoms with Gasteiger partial charge in [-0.3, -0.25) is 4.79 Å². The summed E-state index contributed by atoms with van der Waals surface area (Å²) in [7, 11) is 2.03. The van der Waals surface area contributed by atoms with Gasteiger partial charge in [0.25, 0.3) is 5.91 Å². The molecule has 5 rings (SSSR count). The van der Waals surface area contributed by atoms with E-state index in [1.54, 1.807) is 0 Å². The lowest BCUT2D eigenvalue weighted by Crippen LogP contribution is -2.45. The van der Waals surface area contributed by atoms with E-state index in [0.717, 1.165) is 65.1 Å². The number of benzene rings is 2. The summed E-state index contributed by atoms with van der Waals surface area (Å²) in [5.41, 5.74) is 10.8. The molecule has 1 aliphatic rings. The van der Waals surface area contributed by atoms with Gasteiger partial charge < -0.3 is 24.5 Å². The number of aryl methyl sites for hydroxylation is 2. The van der Waals surface area contributed by atoms with Gasteiger partial charge in [-0.2, -0.15) is 0 Å². The maximum atomic E-state index is 13.1. The summed E-state index contributed by atoms with van der Waals surface area (Å²) in [4.78, 5) is 19.9. The number of aromatic nitrogens is 3. The predicted molar refractivity (Wildman–Crippen MR) is 132 cm³/mol. The van der Waals surface area contributed by atoms with E-state index in [0.29, 0.717) is 18.7 Å². The highest BCUT2D eigenvalue weighted by Crippen LogP contribution is 2.32. The number of hydrogen-bond donors (Lipinski definition) is 1. The maximum absolute atomic E-state index is 13.1. The van der Waals surface area contributed by atoms with Crippen LogP contribution in [-0.4, -0.2) is 50.7 Å². The minimum absolute atomic E-state index is 0.0328. The molecule has 7 nitrogen and oxygen atoms in total. The highest BCUT2D eigenvalue weighted by Gasteiger charge is 2.23. The number of fused-ring (bicyclic) bond motifs is 2. The Balaban J connectivity index is 1.56. The SMILES string of the molecule is CCOc1ccc2cc(-c3nc4cc(C(=O)N5CCC[C@@H](N)C5)ccc4n3C)n(CC)c2c1. The van der Waals surface area contributed by atoms with Gasteiger partial charge in [0.2, 0.25) is 0 Å². The molecule has 0 bridgehead atoms. The Morgan fingerprint density at radius 3 is 2.76 bits per heavy atom. The van der Waals surface area contributed by atoms with Crippen LogP contribution in [0.3, 0.4) is 0 Å². The lowest BCUT2D eigenvalue weighted by Gasteiger charge is -2.30. The molecule has 0 aliphatic carbocycles. The first-order valence-corrected chi connectivity index (χ1v) is 11.8. The van der Waals surface area contributed by atoms with Crippen molar-refractivity contribution in [1.29, 1.82) is 0 Å². The van der Waals surface area contributed by atoms with Crippen LogP contribution < -0.4 is 10.5 Å². The van der Waals surface area contributed by atoms with E-state index >= 15 is 0 Å². The van der Waals surface area contributed by atoms with Crippen molar-refractivity contribution in [3.8, 4) is 17.3 Å². The average Bonchev–Trinajstić information content (AvgIpc) is 3.35. The van der Waals surface area contributed by atoms with Gasteiger partial charge in [-0.05, 0) is 63.1 Å². The molecule has 1 saturated heterocycles. The van der Waals surface area contributed by atoms with Crippen LogP contribution >= 0.6 is 0 Å². The minimum Gasteiger partial charge on any atom is -0.494 e. The van der Waals surface area contributed by atoms with Crippen LogP contribution in [0.1, 0.15) is 37.0 Å². The van der Waals surface area contributed by atoms with Crippen LogP contribution in [0.4, 0.5) is 0 Å². The predicted octanol–water partition coefficient (Wildman–Crippen LogP) is 4.18. The minimum atomic E-state index is 0.0328. The second kappa shape index (κ2) is 8.56. The first kappa shape index (κ1) is 21.5. The number of carbonyl (C=O) groups is 1. The van der Waals surface area contributed by atoms with Crippen LogP contribution in [0.25, 0.3) is 33.5 Å². The Morgan fingerprint density at radius 1 is 1.15 bits per heavy atom. The fraction of sp³-hybridized carbons (Fsp3) is 0.385. The highest BCUT2D eigenvalue weighted by molar-refractivity contribution is 5.98. The van der Waals surface area contributed by atoms with E-state index in [2.05, 4.69) is 34.3 Å². The van der Waals surface area contributed by atoms with E-state index in [-0.39, 0.29) is 11.9 Å². The largest absolute Gasteiger partial charge is 0.494 e. The van der Waals surface area contributed by atoms with E-state index in [1.165, 1.54) is 0 Å². The van der Waals surface area contributed by atoms with Gasteiger partial charge >= 0.3 is 0 Å². The first-order valence-electron chi connectivity index (χ1n) is 11.8. The van der Waals surface area contributed by atoms with Gasteiger partial charge in [0.15, 0.2) is 5.82 Å². The van der Waals surface area contributed by atoms with E-state index in [9.17, 15) is 4.79 Å². The average molecular weight is 446 g/mol. The number of nitrogens with zero attached hydrogens (tertiary/aromatic N) is 4. The lowest BCUT2D eigenvalue weighted by atomic mass is 10.1. The second-order valence-electron chi connectivity index (χ2n) is 8.78. The molecular formula is C26H31N5O2. The van der Waals surface area contributed by atoms with Crippen molar-refractivity contribution >= 4 is 27.8 Å². The van der Waals surface area contributed by atoms with E-state index in [4.69, 9.17) is 15.5 Å². The number of amides is 1. The summed E-state index contributed by atoms with van der Waals surface area (Å²) in [5, 5.41) is 1.15. The third-order valence-corrected chi connectivity index (χ3v) is 6.60. The molecule has 0 spiro atoms. The zero-order valence-electron chi connectivity index (χ0n) is 19.5. The molecule has 1 amide bonds. The standard InChI is InChI=1S/C26H31N5O2/c1-4-31-23-15-20(33-5-2)10-8-17(23)14-24(31)25-28-21-13-18(9-11-22(21)29(25)3)26(32)30-12-6-7-19(27)16-30/h8-11,13-15,19H,4-7,12,16,27H2,1-3H3/t19-/m1/s1. The molecule has 3 heterocycles. The number of imidazole rings is 1. The highest BCUT2D eigenvalue weighted by atomic mass is 16.5. The van der Waals surface area contributed by atoms with Crippen LogP contribution in [0.15, 0.2) is 42.5 Å². The van der Waals surface area contributed by atoms with Crippen molar-refractivity contribution < 1.29 is 9.53 Å². The van der Waals surface area contributed by atoms with Gasteiger partial charge in [0, 0.05) is 49.7 Å². The zero-order valence-corrected chi connectivity index (χ0v) is 19.5. The Kier molecular flexibility index (Phi) is 5.58. The fourth-order valence-electron chi connectivity index (χ4n) is 4.96. The molecule has 1 atom stereocenters. The Hall–Kier alpha value is -3.32. The third-order valence-electron chi connectivity index (χ3n) is 6.60. The topological polar surface area (TPSA) is 78.3 Å². The van der Waals surface area contributed by atoms with Gasteiger partial charge in [0.1, 0.15) is 5.75 Å². The number of ether oxygens (including phenoxy) is 1. The number of nitrogens with two attached hydrogens (primary N) is 1. The third kappa shape index (κ3) is 3.76. The number of hydrogen-bond acceptors (Lipinski definition) is 4. The van der Waals surface area contributed by atoms with Crippen LogP contribution in [-0.2, 0) is 13.6 Å². The summed E-state index contributed by atoms with van der Waals surface area (Å²) in [6.07, 6.45) is 1.93. The smallest absolute Gasteiger partial charge is 0.253 e. The number of carbonyl (C=O) groups excluding carboxylic acids is 1. The van der Waals surface area contributed by atoms with Crippen molar-refractivity contribution in [2.24, 2.45) is 12.8 Å². The molecule has 1 aliphatic heterocycles. The fourth-order valence-corrected chi connectivity index (χ4v) is 4.96. The van der Waals surface area contributed by atoms with Gasteiger partial charge in [-0.1, -0.05) is 0 Å². The quantitative estimate of drug-likeness (QED) is 0.500. The Labute approximate surface area is 193 Å². The molecule has 2 aromatic heterocycles. The molecule has 33 heavy (non-hydrogen) atoms. The maximum Gasteiger partial charge on any atom is 0.253 e. The van der Waals surface area contributed by atoms with Crippen LogP contribution in [0.5, 0.6) is 5.75 Å². The van der Waals surface area contributed by atoms with Crippen LogP contribution in [0.2, 0.25) is 0 Å². The molecule has 7 heteroatoms. The van der Waals surface area contributed by atoms with Gasteiger partial charge in [0.05, 0.1) is 28.9 Å². The van der Waals surface area contributed by atoms with Crippen molar-refractivity contribution in [3.05, 3.63) is 48.0 Å². The Bertz CT molecular complexity index is 1340. The molecule has 0 unspecified atom stereocenters. The van der Waals surface area contributed by atoms with Crippen LogP contribution in [0, 0.1) is 0 Å². The number of likely N-dealkylation sites (tertiary alicyclic amines) is 1. The van der Waals surface area contributed by atoms with E-state index in [1.807, 2.05) is 43.1 Å². The van der Waals surface area contributed by atoms with E-state index < -0.39 is 0 Å². The monoisotopic (exact) mass is 445 g/mol. The first-order chi connectivity index (χ1) is 16.0. The summed E-state index contributed by atoms with van der Waals surface area (Å²) in [6, 6.07) is 14.2. The number of rotatable bonds is 5. The molecule has 2 aromatic carbocycles. The molecular weight excluding hydrogens is 414 g/mol. The van der Waals surface area contributed by atoms with Gasteiger partial charge in [-0.15, -0.1) is 0 Å². The summed E-state index contributed by atoms with van der Waals surface area (Å²) >= 11 is 0. The van der Waals surface area contributed by atoms with Gasteiger partial charge in [-0.25, -0.2) is 4.98 Å². The Morgan fingerprint density at radius 2 is 2.00 bits per heavy atom. The molecule has 0 saturated carbocycles. The lowest BCUT2D eigenvalue weighted by molar-refractivity contribution is 0.0709. The normalized spacial score (nSPS) is 16.6. The summed E-state index contributed by atoms with van der Waals surface area (Å²) in [6.45, 7) is 6.96. The molecule has 1 fully saturated rings. The zero-order chi connectivity index (χ0) is 23.1. The second-order valence-corrected chi connectivity index (χ2v) is 8.78. The molecule has 0 radical (unpaired) electrons. The van der Waals surface area contributed by atoms with Crippen molar-refractivity contribution in [1.82, 2.24) is 19.0 Å². The molecule has 4 aromatic rings. The van der Waals surface area contributed by atoms with Crippen molar-refractivity contribution in [2.75, 3.05) is 19.7 Å². The number of piperidine rings is 1. The molecule has 2 N–H and O–H groups in total. The summed E-state index contributed by atoms with van der Waals surface area (Å²) in [5.74, 6) is 1.78. The van der Waals surface area contributed by atoms with Crippen molar-refractivity contribution in [3.63, 3.8) is 0 Å². The molecule has 172 valence electrons. The summed E-state index contributed by atoms with van der Waals surface area (Å²) < 4.78 is 10.1.